The standard InChI is InChI=1S/C14H10BrIN2OS/c15-10-6-7-11(16)12(8-10)17-14(20)18-13(19)9-4-2-1-3-5-9/h1-8H,(H2,17,18,19,20). The largest absolute Gasteiger partial charge is 0.331 e. The van der Waals surface area contributed by atoms with Gasteiger partial charge in [0.05, 0.1) is 5.69 Å². The van der Waals surface area contributed by atoms with Crippen LogP contribution in [-0.4, -0.2) is 11.0 Å². The van der Waals surface area contributed by atoms with Gasteiger partial charge in [0, 0.05) is 13.6 Å². The molecule has 0 radical (unpaired) electrons. The molecule has 20 heavy (non-hydrogen) atoms. The van der Waals surface area contributed by atoms with Crippen molar-refractivity contribution in [3.63, 3.8) is 0 Å². The molecule has 0 saturated heterocycles. The van der Waals surface area contributed by atoms with Crippen LogP contribution in [0, 0.1) is 3.57 Å². The summed E-state index contributed by atoms with van der Waals surface area (Å²) in [5.41, 5.74) is 1.42. The van der Waals surface area contributed by atoms with Crippen LogP contribution in [0.2, 0.25) is 0 Å². The number of halogens is 2. The van der Waals surface area contributed by atoms with Crippen LogP contribution in [0.4, 0.5) is 5.69 Å². The molecule has 2 N–H and O–H groups in total. The van der Waals surface area contributed by atoms with Crippen molar-refractivity contribution in [2.24, 2.45) is 0 Å². The van der Waals surface area contributed by atoms with Gasteiger partial charge in [-0.15, -0.1) is 0 Å². The quantitative estimate of drug-likeness (QED) is 0.521. The molecule has 0 saturated carbocycles. The molecule has 0 aliphatic carbocycles. The summed E-state index contributed by atoms with van der Waals surface area (Å²) in [4.78, 5) is 11.9. The second kappa shape index (κ2) is 7.14. The van der Waals surface area contributed by atoms with Gasteiger partial charge in [0.2, 0.25) is 0 Å². The van der Waals surface area contributed by atoms with Crippen molar-refractivity contribution in [3.8, 4) is 0 Å². The first-order valence-corrected chi connectivity index (χ1v) is 7.96. The Kier molecular flexibility index (Phi) is 5.50. The minimum absolute atomic E-state index is 0.229. The fourth-order valence-corrected chi connectivity index (χ4v) is 2.55. The van der Waals surface area contributed by atoms with Gasteiger partial charge in [0.25, 0.3) is 5.91 Å². The number of benzene rings is 2. The Bertz CT molecular complexity index is 649. The summed E-state index contributed by atoms with van der Waals surface area (Å²) in [6.07, 6.45) is 0. The Morgan fingerprint density at radius 1 is 1.15 bits per heavy atom. The number of hydrogen-bond donors (Lipinski definition) is 2. The van der Waals surface area contributed by atoms with Crippen LogP contribution in [0.5, 0.6) is 0 Å². The number of anilines is 1. The Morgan fingerprint density at radius 2 is 1.85 bits per heavy atom. The van der Waals surface area contributed by atoms with Crippen molar-refractivity contribution in [2.45, 2.75) is 0 Å². The van der Waals surface area contributed by atoms with Crippen LogP contribution in [0.3, 0.4) is 0 Å². The van der Waals surface area contributed by atoms with E-state index in [1.54, 1.807) is 12.1 Å². The van der Waals surface area contributed by atoms with Crippen LogP contribution < -0.4 is 10.6 Å². The smallest absolute Gasteiger partial charge is 0.257 e. The molecule has 0 atom stereocenters. The third-order valence-corrected chi connectivity index (χ3v) is 4.08. The van der Waals surface area contributed by atoms with Crippen LogP contribution >= 0.6 is 50.7 Å². The number of nitrogens with one attached hydrogen (secondary N) is 2. The molecule has 0 aliphatic heterocycles. The maximum Gasteiger partial charge on any atom is 0.257 e. The maximum absolute atomic E-state index is 11.9. The lowest BCUT2D eigenvalue weighted by Crippen LogP contribution is -2.34. The van der Waals surface area contributed by atoms with Crippen LogP contribution in [0.15, 0.2) is 53.0 Å². The van der Waals surface area contributed by atoms with Gasteiger partial charge in [-0.2, -0.15) is 0 Å². The van der Waals surface area contributed by atoms with Crippen LogP contribution in [-0.2, 0) is 0 Å². The normalized spacial score (nSPS) is 9.90. The highest BCUT2D eigenvalue weighted by atomic mass is 127. The first kappa shape index (κ1) is 15.4. The summed E-state index contributed by atoms with van der Waals surface area (Å²) in [5.74, 6) is -0.229. The molecule has 0 aromatic heterocycles. The number of amides is 1. The maximum atomic E-state index is 11.9. The van der Waals surface area contributed by atoms with E-state index in [-0.39, 0.29) is 11.0 Å². The van der Waals surface area contributed by atoms with Gasteiger partial charge >= 0.3 is 0 Å². The summed E-state index contributed by atoms with van der Waals surface area (Å²) < 4.78 is 1.96. The fourth-order valence-electron chi connectivity index (χ4n) is 1.51. The second-order valence-corrected chi connectivity index (χ2v) is 6.38. The fraction of sp³-hybridized carbons (Fsp3) is 0. The molecule has 0 aliphatic rings. The van der Waals surface area contributed by atoms with E-state index >= 15 is 0 Å². The van der Waals surface area contributed by atoms with Gasteiger partial charge in [0.1, 0.15) is 0 Å². The highest BCUT2D eigenvalue weighted by molar-refractivity contribution is 14.1. The van der Waals surface area contributed by atoms with E-state index in [1.165, 1.54) is 0 Å². The predicted octanol–water partition coefficient (Wildman–Crippen LogP) is 4.18. The van der Waals surface area contributed by atoms with Crippen molar-refractivity contribution in [3.05, 3.63) is 62.1 Å². The molecule has 0 unspecified atom stereocenters. The average Bonchev–Trinajstić information content (AvgIpc) is 2.43. The number of thiocarbonyl (C=S) groups is 1. The Morgan fingerprint density at radius 3 is 2.55 bits per heavy atom. The lowest BCUT2D eigenvalue weighted by Gasteiger charge is -2.11. The monoisotopic (exact) mass is 460 g/mol. The van der Waals surface area contributed by atoms with Crippen molar-refractivity contribution in [1.29, 1.82) is 0 Å². The highest BCUT2D eigenvalue weighted by Gasteiger charge is 2.08. The number of rotatable bonds is 2. The second-order valence-electron chi connectivity index (χ2n) is 3.90. The minimum Gasteiger partial charge on any atom is -0.331 e. The summed E-state index contributed by atoms with van der Waals surface area (Å²) in [7, 11) is 0. The highest BCUT2D eigenvalue weighted by Crippen LogP contribution is 2.22. The molecule has 0 bridgehead atoms. The molecule has 1 amide bonds. The van der Waals surface area contributed by atoms with E-state index in [4.69, 9.17) is 12.2 Å². The SMILES string of the molecule is O=C(NC(=S)Nc1cc(Br)ccc1I)c1ccccc1. The Hall–Kier alpha value is -0.990. The molecule has 6 heteroatoms. The van der Waals surface area contributed by atoms with E-state index in [0.29, 0.717) is 5.56 Å². The zero-order chi connectivity index (χ0) is 14.5. The van der Waals surface area contributed by atoms with Gasteiger partial charge in [-0.25, -0.2) is 0 Å². The van der Waals surface area contributed by atoms with Gasteiger partial charge in [0.15, 0.2) is 5.11 Å². The lowest BCUT2D eigenvalue weighted by molar-refractivity contribution is 0.0978. The average molecular weight is 461 g/mol. The number of hydrogen-bond acceptors (Lipinski definition) is 2. The molecule has 2 aromatic rings. The van der Waals surface area contributed by atoms with Gasteiger partial charge in [-0.3, -0.25) is 10.1 Å². The van der Waals surface area contributed by atoms with Crippen molar-refractivity contribution in [1.82, 2.24) is 5.32 Å². The zero-order valence-electron chi connectivity index (χ0n) is 10.2. The first-order valence-electron chi connectivity index (χ1n) is 5.68. The van der Waals surface area contributed by atoms with Crippen molar-refractivity contribution < 1.29 is 4.79 Å². The van der Waals surface area contributed by atoms with E-state index in [1.807, 2.05) is 36.4 Å². The predicted molar refractivity (Wildman–Crippen MR) is 97.0 cm³/mol. The van der Waals surface area contributed by atoms with Gasteiger partial charge in [-0.05, 0) is 65.1 Å². The minimum atomic E-state index is -0.229. The van der Waals surface area contributed by atoms with Crippen LogP contribution in [0.1, 0.15) is 10.4 Å². The third-order valence-electron chi connectivity index (χ3n) is 2.44. The number of carbonyl (C=O) groups is 1. The molecule has 2 aromatic carbocycles. The van der Waals surface area contributed by atoms with Gasteiger partial charge < -0.3 is 5.32 Å². The van der Waals surface area contributed by atoms with E-state index in [0.717, 1.165) is 13.7 Å². The van der Waals surface area contributed by atoms with Crippen LogP contribution in [0.25, 0.3) is 0 Å². The third kappa shape index (κ3) is 4.26. The van der Waals surface area contributed by atoms with Crippen molar-refractivity contribution >= 4 is 67.4 Å². The molecule has 102 valence electrons. The van der Waals surface area contributed by atoms with Gasteiger partial charge in [-0.1, -0.05) is 34.1 Å². The van der Waals surface area contributed by atoms with Crippen molar-refractivity contribution in [2.75, 3.05) is 5.32 Å². The topological polar surface area (TPSA) is 41.1 Å². The number of carbonyl (C=O) groups excluding carboxylic acids is 1. The summed E-state index contributed by atoms with van der Waals surface area (Å²) in [5, 5.41) is 5.94. The molecule has 0 fully saturated rings. The molecule has 0 heterocycles. The summed E-state index contributed by atoms with van der Waals surface area (Å²) in [6, 6.07) is 14.8. The molecule has 0 spiro atoms. The van der Waals surface area contributed by atoms with E-state index in [9.17, 15) is 4.79 Å². The van der Waals surface area contributed by atoms with E-state index in [2.05, 4.69) is 49.2 Å². The molecule has 3 nitrogen and oxygen atoms in total. The Balaban J connectivity index is 2.03. The Labute approximate surface area is 144 Å². The zero-order valence-corrected chi connectivity index (χ0v) is 14.8. The first-order chi connectivity index (χ1) is 9.56. The molecular weight excluding hydrogens is 451 g/mol. The lowest BCUT2D eigenvalue weighted by atomic mass is 10.2. The molecule has 2 rings (SSSR count). The molecular formula is C14H10BrIN2OS. The summed E-state index contributed by atoms with van der Waals surface area (Å²) in [6.45, 7) is 0. The summed E-state index contributed by atoms with van der Waals surface area (Å²) >= 11 is 10.8. The van der Waals surface area contributed by atoms with E-state index < -0.39 is 0 Å².